The third-order valence-corrected chi connectivity index (χ3v) is 3.29. The lowest BCUT2D eigenvalue weighted by atomic mass is 10.0. The van der Waals surface area contributed by atoms with Gasteiger partial charge in [-0.1, -0.05) is 6.92 Å². The highest BCUT2D eigenvalue weighted by atomic mass is 19.2. The summed E-state index contributed by atoms with van der Waals surface area (Å²) in [5.41, 5.74) is 0.423. The maximum atomic E-state index is 13.2. The summed E-state index contributed by atoms with van der Waals surface area (Å²) in [6.07, 6.45) is 2.60. The smallest absolute Gasteiger partial charge is 0.244 e. The number of nitrogens with one attached hydrogen (secondary N) is 1. The van der Waals surface area contributed by atoms with E-state index in [1.165, 1.54) is 11.0 Å². The number of hydrogen-bond donors (Lipinski definition) is 1. The Labute approximate surface area is 111 Å². The van der Waals surface area contributed by atoms with Crippen LogP contribution in [0.3, 0.4) is 0 Å². The predicted molar refractivity (Wildman–Crippen MR) is 70.0 cm³/mol. The van der Waals surface area contributed by atoms with Crippen LogP contribution < -0.4 is 10.2 Å². The van der Waals surface area contributed by atoms with Gasteiger partial charge < -0.3 is 10.2 Å². The van der Waals surface area contributed by atoms with E-state index in [0.717, 1.165) is 37.9 Å². The molecular formula is C14H18F2N2O. The molecule has 19 heavy (non-hydrogen) atoms. The van der Waals surface area contributed by atoms with Gasteiger partial charge in [0, 0.05) is 18.3 Å². The average molecular weight is 268 g/mol. The highest BCUT2D eigenvalue weighted by Crippen LogP contribution is 2.23. The molecule has 5 heteroatoms. The van der Waals surface area contributed by atoms with Crippen LogP contribution in [0, 0.1) is 11.6 Å². The second kappa shape index (κ2) is 6.10. The van der Waals surface area contributed by atoms with Gasteiger partial charge in [0.2, 0.25) is 5.91 Å². The molecule has 1 aromatic carbocycles. The van der Waals surface area contributed by atoms with Gasteiger partial charge in [0.05, 0.1) is 6.04 Å². The summed E-state index contributed by atoms with van der Waals surface area (Å²) in [5, 5.41) is 3.19. The molecule has 0 spiro atoms. The summed E-state index contributed by atoms with van der Waals surface area (Å²) in [4.78, 5) is 13.8. The van der Waals surface area contributed by atoms with Crippen molar-refractivity contribution < 1.29 is 13.6 Å². The number of amides is 1. The fourth-order valence-electron chi connectivity index (χ4n) is 2.29. The highest BCUT2D eigenvalue weighted by molar-refractivity contribution is 5.97. The van der Waals surface area contributed by atoms with E-state index in [4.69, 9.17) is 0 Å². The third kappa shape index (κ3) is 3.10. The van der Waals surface area contributed by atoms with Crippen LogP contribution in [-0.4, -0.2) is 25.0 Å². The van der Waals surface area contributed by atoms with Crippen molar-refractivity contribution in [3.63, 3.8) is 0 Å². The first-order valence-electron chi connectivity index (χ1n) is 6.63. The number of carbonyl (C=O) groups excluding carboxylic acids is 1. The van der Waals surface area contributed by atoms with Gasteiger partial charge in [-0.05, 0) is 37.9 Å². The largest absolute Gasteiger partial charge is 0.311 e. The standard InChI is InChI=1S/C14H18F2N2O/c1-2-7-17-13-4-3-8-18(14(13)19)10-5-6-11(15)12(16)9-10/h5-6,9,13,17H,2-4,7-8H2,1H3. The molecule has 0 radical (unpaired) electrons. The van der Waals surface area contributed by atoms with Gasteiger partial charge in [-0.15, -0.1) is 0 Å². The first kappa shape index (κ1) is 13.9. The van der Waals surface area contributed by atoms with Crippen LogP contribution in [0.1, 0.15) is 26.2 Å². The molecule has 3 nitrogen and oxygen atoms in total. The number of halogens is 2. The minimum atomic E-state index is -0.922. The van der Waals surface area contributed by atoms with E-state index in [2.05, 4.69) is 5.32 Å². The molecule has 1 atom stereocenters. The number of piperidine rings is 1. The molecule has 1 unspecified atom stereocenters. The lowest BCUT2D eigenvalue weighted by molar-refractivity contribution is -0.121. The van der Waals surface area contributed by atoms with Gasteiger partial charge in [-0.2, -0.15) is 0 Å². The molecule has 1 fully saturated rings. The Balaban J connectivity index is 2.14. The molecule has 1 aliphatic heterocycles. The zero-order chi connectivity index (χ0) is 13.8. The lowest BCUT2D eigenvalue weighted by Gasteiger charge is -2.32. The first-order chi connectivity index (χ1) is 9.13. The quantitative estimate of drug-likeness (QED) is 0.909. The van der Waals surface area contributed by atoms with E-state index >= 15 is 0 Å². The van der Waals surface area contributed by atoms with Crippen LogP contribution in [0.25, 0.3) is 0 Å². The topological polar surface area (TPSA) is 32.3 Å². The molecule has 1 saturated heterocycles. The van der Waals surface area contributed by atoms with Crippen molar-refractivity contribution in [2.75, 3.05) is 18.0 Å². The van der Waals surface area contributed by atoms with Gasteiger partial charge in [0.1, 0.15) is 0 Å². The van der Waals surface area contributed by atoms with E-state index in [9.17, 15) is 13.6 Å². The number of rotatable bonds is 4. The van der Waals surface area contributed by atoms with Gasteiger partial charge in [0.15, 0.2) is 11.6 Å². The van der Waals surface area contributed by atoms with E-state index in [-0.39, 0.29) is 11.9 Å². The monoisotopic (exact) mass is 268 g/mol. The molecule has 0 aliphatic carbocycles. The molecule has 1 aliphatic rings. The number of hydrogen-bond acceptors (Lipinski definition) is 2. The van der Waals surface area contributed by atoms with Gasteiger partial charge in [0.25, 0.3) is 0 Å². The van der Waals surface area contributed by atoms with Crippen LogP contribution >= 0.6 is 0 Å². The van der Waals surface area contributed by atoms with E-state index in [1.54, 1.807) is 0 Å². The molecule has 0 aromatic heterocycles. The Hall–Kier alpha value is -1.49. The van der Waals surface area contributed by atoms with Crippen LogP contribution in [0.15, 0.2) is 18.2 Å². The van der Waals surface area contributed by atoms with Crippen LogP contribution in [0.2, 0.25) is 0 Å². The minimum absolute atomic E-state index is 0.0642. The number of benzene rings is 1. The maximum Gasteiger partial charge on any atom is 0.244 e. The Morgan fingerprint density at radius 1 is 1.37 bits per heavy atom. The molecule has 1 aromatic rings. The fraction of sp³-hybridized carbons (Fsp3) is 0.500. The predicted octanol–water partition coefficient (Wildman–Crippen LogP) is 2.46. The molecule has 0 bridgehead atoms. The third-order valence-electron chi connectivity index (χ3n) is 3.29. The first-order valence-corrected chi connectivity index (χ1v) is 6.63. The van der Waals surface area contributed by atoms with Crippen molar-refractivity contribution in [3.05, 3.63) is 29.8 Å². The summed E-state index contributed by atoms with van der Waals surface area (Å²) in [7, 11) is 0. The van der Waals surface area contributed by atoms with Crippen molar-refractivity contribution in [3.8, 4) is 0 Å². The van der Waals surface area contributed by atoms with Crippen molar-refractivity contribution in [2.45, 2.75) is 32.2 Å². The van der Waals surface area contributed by atoms with E-state index in [0.29, 0.717) is 12.2 Å². The Kier molecular flexibility index (Phi) is 4.47. The Morgan fingerprint density at radius 2 is 2.16 bits per heavy atom. The molecule has 104 valence electrons. The van der Waals surface area contributed by atoms with Gasteiger partial charge >= 0.3 is 0 Å². The van der Waals surface area contributed by atoms with E-state index < -0.39 is 11.6 Å². The number of carbonyl (C=O) groups is 1. The Morgan fingerprint density at radius 3 is 2.84 bits per heavy atom. The summed E-state index contributed by atoms with van der Waals surface area (Å²) in [6, 6.07) is 3.36. The molecule has 0 saturated carbocycles. The average Bonchev–Trinajstić information content (AvgIpc) is 2.41. The molecule has 1 amide bonds. The van der Waals surface area contributed by atoms with Crippen molar-refractivity contribution in [1.82, 2.24) is 5.32 Å². The van der Waals surface area contributed by atoms with Crippen molar-refractivity contribution in [1.29, 1.82) is 0 Å². The summed E-state index contributed by atoms with van der Waals surface area (Å²) in [6.45, 7) is 3.36. The fourth-order valence-corrected chi connectivity index (χ4v) is 2.29. The second-order valence-electron chi connectivity index (χ2n) is 4.74. The molecular weight excluding hydrogens is 250 g/mol. The summed E-state index contributed by atoms with van der Waals surface area (Å²) < 4.78 is 26.1. The zero-order valence-electron chi connectivity index (χ0n) is 11.0. The van der Waals surface area contributed by atoms with E-state index in [1.807, 2.05) is 6.92 Å². The normalized spacial score (nSPS) is 19.8. The molecule has 1 heterocycles. The van der Waals surface area contributed by atoms with Gasteiger partial charge in [-0.25, -0.2) is 8.78 Å². The SMILES string of the molecule is CCCNC1CCCN(c2ccc(F)c(F)c2)C1=O. The summed E-state index contributed by atoms with van der Waals surface area (Å²) >= 11 is 0. The maximum absolute atomic E-state index is 13.2. The minimum Gasteiger partial charge on any atom is -0.311 e. The highest BCUT2D eigenvalue weighted by Gasteiger charge is 2.29. The number of anilines is 1. The molecule has 2 rings (SSSR count). The Bertz CT molecular complexity index is 465. The van der Waals surface area contributed by atoms with Crippen LogP contribution in [0.5, 0.6) is 0 Å². The lowest BCUT2D eigenvalue weighted by Crippen LogP contribution is -2.51. The van der Waals surface area contributed by atoms with Crippen molar-refractivity contribution >= 4 is 11.6 Å². The zero-order valence-corrected chi connectivity index (χ0v) is 11.0. The summed E-state index contributed by atoms with van der Waals surface area (Å²) in [5.74, 6) is -1.88. The van der Waals surface area contributed by atoms with Gasteiger partial charge in [-0.3, -0.25) is 4.79 Å². The second-order valence-corrected chi connectivity index (χ2v) is 4.74. The van der Waals surface area contributed by atoms with Crippen LogP contribution in [-0.2, 0) is 4.79 Å². The molecule has 1 N–H and O–H groups in total. The van der Waals surface area contributed by atoms with Crippen molar-refractivity contribution in [2.24, 2.45) is 0 Å². The number of nitrogens with zero attached hydrogens (tertiary/aromatic N) is 1. The van der Waals surface area contributed by atoms with Crippen LogP contribution in [0.4, 0.5) is 14.5 Å².